The first-order valence-electron chi connectivity index (χ1n) is 13.1. The van der Waals surface area contributed by atoms with Crippen LogP contribution in [0.5, 0.6) is 0 Å². The molecule has 6 rings (SSSR count). The predicted molar refractivity (Wildman–Crippen MR) is 150 cm³/mol. The zero-order chi connectivity index (χ0) is 28.2. The number of ether oxygens (including phenoxy) is 1. The highest BCUT2D eigenvalue weighted by Gasteiger charge is 2.30. The Bertz CT molecular complexity index is 1790. The highest BCUT2D eigenvalue weighted by molar-refractivity contribution is 6.04. The van der Waals surface area contributed by atoms with Crippen LogP contribution in [0.2, 0.25) is 0 Å². The second-order valence-electron chi connectivity index (χ2n) is 11.1. The number of imidazole rings is 1. The fourth-order valence-electron chi connectivity index (χ4n) is 5.18. The lowest BCUT2D eigenvalue weighted by atomic mass is 10.0. The summed E-state index contributed by atoms with van der Waals surface area (Å²) in [6.07, 6.45) is 5.39. The zero-order valence-electron chi connectivity index (χ0n) is 23.1. The van der Waals surface area contributed by atoms with Crippen LogP contribution in [0.3, 0.4) is 0 Å². The number of hydrazine groups is 1. The molecule has 1 N–H and O–H groups in total. The van der Waals surface area contributed by atoms with Gasteiger partial charge < -0.3 is 4.74 Å². The van der Waals surface area contributed by atoms with Gasteiger partial charge in [0.05, 0.1) is 28.8 Å². The van der Waals surface area contributed by atoms with E-state index in [9.17, 15) is 9.59 Å². The van der Waals surface area contributed by atoms with Gasteiger partial charge in [0.25, 0.3) is 0 Å². The predicted octanol–water partition coefficient (Wildman–Crippen LogP) is 3.43. The third kappa shape index (κ3) is 4.70. The molecule has 4 aromatic heterocycles. The first-order chi connectivity index (χ1) is 19.1. The number of hydrogen-bond acceptors (Lipinski definition) is 8. The number of pyridine rings is 2. The fraction of sp³-hybridized carbons (Fsp3) is 0.357. The number of aromatic nitrogens is 7. The SMILES string of the molecule is Cn1cnc(-c2ccc(-c3ccc4ncc5c(c4c3)n([C@H]3CCN(NC(=O)OC(C)(C)C)C3)c(=O)n5C)cn2)n1. The van der Waals surface area contributed by atoms with Crippen molar-refractivity contribution in [3.8, 4) is 22.6 Å². The molecule has 1 saturated heterocycles. The summed E-state index contributed by atoms with van der Waals surface area (Å²) in [6.45, 7) is 6.55. The molecule has 0 radical (unpaired) electrons. The largest absolute Gasteiger partial charge is 0.443 e. The molecule has 5 heterocycles. The van der Waals surface area contributed by atoms with Crippen LogP contribution in [-0.2, 0) is 18.8 Å². The van der Waals surface area contributed by atoms with Crippen molar-refractivity contribution in [3.05, 3.63) is 59.5 Å². The minimum Gasteiger partial charge on any atom is -0.443 e. The minimum absolute atomic E-state index is 0.118. The maximum absolute atomic E-state index is 13.5. The molecule has 0 unspecified atom stereocenters. The maximum Gasteiger partial charge on any atom is 0.422 e. The molecule has 0 spiro atoms. The molecule has 0 saturated carbocycles. The monoisotopic (exact) mass is 541 g/mol. The molecular weight excluding hydrogens is 510 g/mol. The summed E-state index contributed by atoms with van der Waals surface area (Å²) in [4.78, 5) is 39.3. The number of carbonyl (C=O) groups is 1. The molecule has 1 aliphatic rings. The summed E-state index contributed by atoms with van der Waals surface area (Å²) < 4.78 is 10.5. The zero-order valence-corrected chi connectivity index (χ0v) is 23.1. The third-order valence-corrected chi connectivity index (χ3v) is 7.02. The van der Waals surface area contributed by atoms with Crippen molar-refractivity contribution in [2.45, 2.75) is 38.8 Å². The molecule has 40 heavy (non-hydrogen) atoms. The van der Waals surface area contributed by atoms with Crippen molar-refractivity contribution in [1.29, 1.82) is 0 Å². The number of nitrogens with zero attached hydrogens (tertiary/aromatic N) is 8. The molecule has 0 bridgehead atoms. The van der Waals surface area contributed by atoms with E-state index in [2.05, 4.69) is 31.5 Å². The second-order valence-corrected chi connectivity index (χ2v) is 11.1. The lowest BCUT2D eigenvalue weighted by molar-refractivity contribution is 0.0361. The van der Waals surface area contributed by atoms with Gasteiger partial charge in [0.1, 0.15) is 17.6 Å². The molecule has 5 aromatic rings. The van der Waals surface area contributed by atoms with E-state index in [1.807, 2.05) is 61.7 Å². The van der Waals surface area contributed by atoms with E-state index in [1.165, 1.54) is 0 Å². The number of fused-ring (bicyclic) bond motifs is 3. The smallest absolute Gasteiger partial charge is 0.422 e. The lowest BCUT2D eigenvalue weighted by Gasteiger charge is -2.23. The molecular formula is C28H31N9O3. The van der Waals surface area contributed by atoms with Crippen LogP contribution in [0.15, 0.2) is 53.8 Å². The molecule has 12 heteroatoms. The first kappa shape index (κ1) is 25.7. The van der Waals surface area contributed by atoms with E-state index < -0.39 is 11.7 Å². The Hall–Kier alpha value is -4.58. The van der Waals surface area contributed by atoms with Crippen molar-refractivity contribution in [3.63, 3.8) is 0 Å². The summed E-state index contributed by atoms with van der Waals surface area (Å²) in [5.41, 5.74) is 7.05. The highest BCUT2D eigenvalue weighted by Crippen LogP contribution is 2.32. The normalized spacial score (nSPS) is 16.2. The average molecular weight is 542 g/mol. The van der Waals surface area contributed by atoms with Gasteiger partial charge in [0.15, 0.2) is 5.82 Å². The second kappa shape index (κ2) is 9.56. The van der Waals surface area contributed by atoms with Crippen LogP contribution < -0.4 is 11.1 Å². The van der Waals surface area contributed by atoms with Crippen molar-refractivity contribution in [2.24, 2.45) is 14.1 Å². The molecule has 1 amide bonds. The van der Waals surface area contributed by atoms with Gasteiger partial charge in [-0.1, -0.05) is 12.1 Å². The van der Waals surface area contributed by atoms with Gasteiger partial charge in [0, 0.05) is 44.3 Å². The van der Waals surface area contributed by atoms with Gasteiger partial charge >= 0.3 is 11.8 Å². The molecule has 1 atom stereocenters. The number of aryl methyl sites for hydroxylation is 2. The standard InChI is InChI=1S/C28H31N9O3/c1-28(2,3)40-26(38)33-36-11-10-19(15-36)37-24-20-12-17(6-8-21(20)30-14-23(24)35(5)27(37)39)18-7-9-22(29-13-18)25-31-16-34(4)32-25/h6-9,12-14,16,19H,10-11,15H2,1-5H3,(H,33,38)/t19-/m0/s1. The summed E-state index contributed by atoms with van der Waals surface area (Å²) >= 11 is 0. The van der Waals surface area contributed by atoms with Crippen LogP contribution in [0.25, 0.3) is 44.6 Å². The van der Waals surface area contributed by atoms with E-state index in [0.717, 1.165) is 33.1 Å². The molecule has 1 fully saturated rings. The quantitative estimate of drug-likeness (QED) is 0.367. The van der Waals surface area contributed by atoms with Gasteiger partial charge in [-0.2, -0.15) is 0 Å². The van der Waals surface area contributed by atoms with Crippen LogP contribution in [0.4, 0.5) is 4.79 Å². The van der Waals surface area contributed by atoms with E-state index >= 15 is 0 Å². The van der Waals surface area contributed by atoms with Gasteiger partial charge in [-0.3, -0.25) is 29.2 Å². The molecule has 1 aliphatic heterocycles. The maximum atomic E-state index is 13.5. The molecule has 206 valence electrons. The van der Waals surface area contributed by atoms with E-state index in [1.54, 1.807) is 35.0 Å². The highest BCUT2D eigenvalue weighted by atomic mass is 16.6. The first-order valence-corrected chi connectivity index (χ1v) is 13.1. The van der Waals surface area contributed by atoms with Crippen molar-refractivity contribution < 1.29 is 9.53 Å². The van der Waals surface area contributed by atoms with E-state index in [-0.39, 0.29) is 11.7 Å². The Kier molecular flexibility index (Phi) is 6.14. The van der Waals surface area contributed by atoms with Gasteiger partial charge in [-0.25, -0.2) is 19.6 Å². The number of rotatable bonds is 4. The minimum atomic E-state index is -0.593. The lowest BCUT2D eigenvalue weighted by Crippen LogP contribution is -2.43. The van der Waals surface area contributed by atoms with E-state index in [0.29, 0.717) is 31.0 Å². The average Bonchev–Trinajstić information content (AvgIpc) is 3.61. The summed E-state index contributed by atoms with van der Waals surface area (Å²) in [5, 5.41) is 7.00. The summed E-state index contributed by atoms with van der Waals surface area (Å²) in [5.74, 6) is 0.568. The van der Waals surface area contributed by atoms with Gasteiger partial charge in [0.2, 0.25) is 0 Å². The Balaban J connectivity index is 1.36. The Morgan fingerprint density at radius 1 is 1.05 bits per heavy atom. The number of nitrogens with one attached hydrogen (secondary N) is 1. The summed E-state index contributed by atoms with van der Waals surface area (Å²) in [7, 11) is 3.58. The third-order valence-electron chi connectivity index (χ3n) is 7.02. The fourth-order valence-corrected chi connectivity index (χ4v) is 5.18. The Labute approximate surface area is 230 Å². The topological polar surface area (TPSA) is 125 Å². The molecule has 1 aromatic carbocycles. The van der Waals surface area contributed by atoms with Crippen LogP contribution >= 0.6 is 0 Å². The van der Waals surface area contributed by atoms with Crippen LogP contribution in [-0.4, -0.2) is 63.7 Å². The van der Waals surface area contributed by atoms with Gasteiger partial charge in [-0.05, 0) is 51.0 Å². The Morgan fingerprint density at radius 2 is 1.85 bits per heavy atom. The van der Waals surface area contributed by atoms with Crippen molar-refractivity contribution >= 4 is 28.0 Å². The number of benzene rings is 1. The summed E-state index contributed by atoms with van der Waals surface area (Å²) in [6, 6.07) is 9.78. The Morgan fingerprint density at radius 3 is 2.55 bits per heavy atom. The van der Waals surface area contributed by atoms with Crippen molar-refractivity contribution in [2.75, 3.05) is 13.1 Å². The van der Waals surface area contributed by atoms with Crippen molar-refractivity contribution in [1.82, 2.24) is 44.3 Å². The van der Waals surface area contributed by atoms with E-state index in [4.69, 9.17) is 4.74 Å². The van der Waals surface area contributed by atoms with Crippen LogP contribution in [0.1, 0.15) is 33.2 Å². The number of amides is 1. The molecule has 12 nitrogen and oxygen atoms in total. The van der Waals surface area contributed by atoms with Gasteiger partial charge in [-0.15, -0.1) is 5.10 Å². The molecule has 0 aliphatic carbocycles. The number of hydrogen-bond donors (Lipinski definition) is 1. The van der Waals surface area contributed by atoms with Crippen LogP contribution in [0, 0.1) is 0 Å². The number of carbonyl (C=O) groups excluding carboxylic acids is 1.